The van der Waals surface area contributed by atoms with Crippen molar-refractivity contribution in [1.29, 1.82) is 0 Å². The molecule has 1 aliphatic heterocycles. The van der Waals surface area contributed by atoms with Crippen LogP contribution in [0.4, 0.5) is 8.78 Å². The number of carbonyl (C=O) groups excluding carboxylic acids is 2. The molecule has 32 heavy (non-hydrogen) atoms. The van der Waals surface area contributed by atoms with Gasteiger partial charge >= 0.3 is 0 Å². The zero-order valence-electron chi connectivity index (χ0n) is 18.9. The number of nitrogens with one attached hydrogen (secondary N) is 1. The Kier molecular flexibility index (Phi) is 6.97. The second kappa shape index (κ2) is 9.36. The number of hydrogen-bond donors (Lipinski definition) is 2. The Hall–Kier alpha value is -2.81. The van der Waals surface area contributed by atoms with Gasteiger partial charge in [0.2, 0.25) is 11.8 Å². The normalized spacial score (nSPS) is 18.6. The summed E-state index contributed by atoms with van der Waals surface area (Å²) in [7, 11) is 1.80. The van der Waals surface area contributed by atoms with Crippen LogP contribution >= 0.6 is 0 Å². The number of halogens is 2. The second-order valence-electron chi connectivity index (χ2n) is 9.32. The van der Waals surface area contributed by atoms with Gasteiger partial charge in [0.25, 0.3) is 6.43 Å². The summed E-state index contributed by atoms with van der Waals surface area (Å²) in [6.45, 7) is 5.94. The first-order valence-corrected chi connectivity index (χ1v) is 10.7. The zero-order chi connectivity index (χ0) is 23.6. The first-order chi connectivity index (χ1) is 15.0. The van der Waals surface area contributed by atoms with E-state index in [4.69, 9.17) is 5.73 Å². The van der Waals surface area contributed by atoms with E-state index in [0.717, 1.165) is 11.3 Å². The Morgan fingerprint density at radius 2 is 1.84 bits per heavy atom. The van der Waals surface area contributed by atoms with Crippen LogP contribution in [-0.2, 0) is 16.6 Å². The van der Waals surface area contributed by atoms with Crippen LogP contribution in [0.15, 0.2) is 36.5 Å². The number of carbonyl (C=O) groups is 2. The predicted molar refractivity (Wildman–Crippen MR) is 118 cm³/mol. The molecular formula is C23H31F2N5O2. The predicted octanol–water partition coefficient (Wildman–Crippen LogP) is 2.87. The molecule has 7 nitrogen and oxygen atoms in total. The molecule has 1 saturated heterocycles. The fourth-order valence-electron chi connectivity index (χ4n) is 3.91. The van der Waals surface area contributed by atoms with E-state index in [2.05, 4.69) is 10.4 Å². The first-order valence-electron chi connectivity index (χ1n) is 10.7. The fourth-order valence-corrected chi connectivity index (χ4v) is 3.91. The number of nitrogens with two attached hydrogens (primary N) is 1. The highest BCUT2D eigenvalue weighted by molar-refractivity contribution is 5.90. The van der Waals surface area contributed by atoms with Crippen molar-refractivity contribution in [3.63, 3.8) is 0 Å². The topological polar surface area (TPSA) is 93.2 Å². The van der Waals surface area contributed by atoms with Gasteiger partial charge < -0.3 is 16.0 Å². The largest absolute Gasteiger partial charge is 0.342 e. The minimum Gasteiger partial charge on any atom is -0.342 e. The average molecular weight is 448 g/mol. The molecule has 3 N–H and O–H groups in total. The lowest BCUT2D eigenvalue weighted by molar-refractivity contribution is -0.141. The lowest BCUT2D eigenvalue weighted by Crippen LogP contribution is -2.55. The molecule has 0 saturated carbocycles. The molecule has 0 radical (unpaired) electrons. The van der Waals surface area contributed by atoms with Crippen molar-refractivity contribution in [3.05, 3.63) is 42.1 Å². The van der Waals surface area contributed by atoms with Crippen LogP contribution in [0.5, 0.6) is 0 Å². The maximum atomic E-state index is 13.9. The summed E-state index contributed by atoms with van der Waals surface area (Å²) in [5.41, 5.74) is 7.60. The number of alkyl halides is 2. The van der Waals surface area contributed by atoms with Crippen molar-refractivity contribution in [2.75, 3.05) is 6.54 Å². The Bertz CT molecular complexity index is 952. The molecule has 9 heteroatoms. The number of amides is 2. The molecule has 174 valence electrons. The van der Waals surface area contributed by atoms with Gasteiger partial charge in [-0.1, -0.05) is 45.0 Å². The molecule has 1 aliphatic rings. The third-order valence-corrected chi connectivity index (χ3v) is 5.97. The molecule has 1 aromatic carbocycles. The molecule has 2 amide bonds. The average Bonchev–Trinajstić information content (AvgIpc) is 3.39. The summed E-state index contributed by atoms with van der Waals surface area (Å²) < 4.78 is 29.5. The van der Waals surface area contributed by atoms with E-state index in [1.807, 2.05) is 26.8 Å². The van der Waals surface area contributed by atoms with Gasteiger partial charge in [0.05, 0.1) is 11.7 Å². The third-order valence-electron chi connectivity index (χ3n) is 5.97. The van der Waals surface area contributed by atoms with Crippen LogP contribution < -0.4 is 11.1 Å². The van der Waals surface area contributed by atoms with E-state index < -0.39 is 35.9 Å². The van der Waals surface area contributed by atoms with Crippen LogP contribution in [0.2, 0.25) is 0 Å². The number of nitrogens with zero attached hydrogens (tertiary/aromatic N) is 3. The molecule has 3 rings (SSSR count). The molecule has 2 aromatic rings. The molecule has 1 aromatic heterocycles. The van der Waals surface area contributed by atoms with E-state index in [-0.39, 0.29) is 5.91 Å². The van der Waals surface area contributed by atoms with Crippen LogP contribution in [-0.4, -0.2) is 51.5 Å². The SMILES string of the molecule is Cn1nccc1-c1ccc(C(NC(=O)C2CCCN2C(=O)C(N)C(C)(C)C)C(F)F)cc1. The van der Waals surface area contributed by atoms with Gasteiger partial charge in [-0.15, -0.1) is 0 Å². The minimum absolute atomic E-state index is 0.293. The van der Waals surface area contributed by atoms with Gasteiger partial charge in [-0.25, -0.2) is 8.78 Å². The highest BCUT2D eigenvalue weighted by atomic mass is 19.3. The van der Waals surface area contributed by atoms with E-state index in [1.165, 1.54) is 4.90 Å². The smallest absolute Gasteiger partial charge is 0.262 e. The lowest BCUT2D eigenvalue weighted by atomic mass is 9.86. The number of aromatic nitrogens is 2. The molecule has 0 spiro atoms. The van der Waals surface area contributed by atoms with Crippen LogP contribution in [0.25, 0.3) is 11.3 Å². The van der Waals surface area contributed by atoms with Gasteiger partial charge in [-0.3, -0.25) is 14.3 Å². The van der Waals surface area contributed by atoms with Crippen molar-refractivity contribution in [3.8, 4) is 11.3 Å². The van der Waals surface area contributed by atoms with Gasteiger partial charge in [0.1, 0.15) is 12.1 Å². The van der Waals surface area contributed by atoms with E-state index >= 15 is 0 Å². The lowest BCUT2D eigenvalue weighted by Gasteiger charge is -2.33. The van der Waals surface area contributed by atoms with Crippen LogP contribution in [0.3, 0.4) is 0 Å². The van der Waals surface area contributed by atoms with Crippen LogP contribution in [0, 0.1) is 5.41 Å². The summed E-state index contributed by atoms with van der Waals surface area (Å²) in [6, 6.07) is 5.38. The molecule has 2 heterocycles. The Balaban J connectivity index is 1.75. The number of likely N-dealkylation sites (tertiary alicyclic amines) is 1. The van der Waals surface area contributed by atoms with Gasteiger partial charge in [-0.2, -0.15) is 5.10 Å². The maximum absolute atomic E-state index is 13.9. The third kappa shape index (κ3) is 4.98. The Morgan fingerprint density at radius 3 is 2.38 bits per heavy atom. The Morgan fingerprint density at radius 1 is 1.19 bits per heavy atom. The van der Waals surface area contributed by atoms with Crippen molar-refractivity contribution in [1.82, 2.24) is 20.0 Å². The monoisotopic (exact) mass is 447 g/mol. The number of aryl methyl sites for hydroxylation is 1. The highest BCUT2D eigenvalue weighted by Gasteiger charge is 2.40. The van der Waals surface area contributed by atoms with E-state index in [0.29, 0.717) is 24.9 Å². The zero-order valence-corrected chi connectivity index (χ0v) is 18.9. The van der Waals surface area contributed by atoms with Crippen molar-refractivity contribution < 1.29 is 18.4 Å². The Labute approximate surface area is 187 Å². The number of hydrogen-bond acceptors (Lipinski definition) is 4. The van der Waals surface area contributed by atoms with E-state index in [9.17, 15) is 18.4 Å². The van der Waals surface area contributed by atoms with Crippen molar-refractivity contribution in [2.24, 2.45) is 18.2 Å². The minimum atomic E-state index is -2.80. The molecule has 0 bridgehead atoms. The second-order valence-corrected chi connectivity index (χ2v) is 9.32. The quantitative estimate of drug-likeness (QED) is 0.712. The van der Waals surface area contributed by atoms with Crippen molar-refractivity contribution in [2.45, 2.75) is 58.2 Å². The standard InChI is InChI=1S/C23H31F2N5O2/c1-23(2,3)19(26)22(32)30-13-5-6-17(30)21(31)28-18(20(24)25)15-9-7-14(8-10-15)16-11-12-27-29(16)4/h7-12,17-20H,5-6,13,26H2,1-4H3,(H,28,31). The summed E-state index contributed by atoms with van der Waals surface area (Å²) in [4.78, 5) is 27.2. The maximum Gasteiger partial charge on any atom is 0.262 e. The van der Waals surface area contributed by atoms with Gasteiger partial charge in [0, 0.05) is 19.8 Å². The number of benzene rings is 1. The summed E-state index contributed by atoms with van der Waals surface area (Å²) in [6.07, 6.45) is -0.0987. The molecule has 3 unspecified atom stereocenters. The summed E-state index contributed by atoms with van der Waals surface area (Å²) in [5.74, 6) is -0.915. The fraction of sp³-hybridized carbons (Fsp3) is 0.522. The molecule has 0 aliphatic carbocycles. The van der Waals surface area contributed by atoms with Crippen LogP contribution in [0.1, 0.15) is 45.2 Å². The first kappa shape index (κ1) is 23.8. The van der Waals surface area contributed by atoms with Crippen molar-refractivity contribution >= 4 is 11.8 Å². The van der Waals surface area contributed by atoms with Gasteiger partial charge in [0.15, 0.2) is 0 Å². The molecular weight excluding hydrogens is 416 g/mol. The van der Waals surface area contributed by atoms with E-state index in [1.54, 1.807) is 42.2 Å². The summed E-state index contributed by atoms with van der Waals surface area (Å²) >= 11 is 0. The molecule has 3 atom stereocenters. The molecule has 1 fully saturated rings. The van der Waals surface area contributed by atoms with Gasteiger partial charge in [-0.05, 0) is 35.4 Å². The summed E-state index contributed by atoms with van der Waals surface area (Å²) in [5, 5.41) is 6.57. The number of rotatable bonds is 6. The highest BCUT2D eigenvalue weighted by Crippen LogP contribution is 2.28.